The van der Waals surface area contributed by atoms with E-state index in [1.54, 1.807) is 7.11 Å². The Morgan fingerprint density at radius 2 is 2.10 bits per heavy atom. The lowest BCUT2D eigenvalue weighted by Gasteiger charge is -2.30. The molecule has 4 nitrogen and oxygen atoms in total. The van der Waals surface area contributed by atoms with Gasteiger partial charge in [-0.25, -0.2) is 4.98 Å². The zero-order valence-electron chi connectivity index (χ0n) is 13.8. The number of nitrogens with one attached hydrogen (secondary N) is 1. The van der Waals surface area contributed by atoms with E-state index in [2.05, 4.69) is 24.1 Å². The number of nitrogens with zero attached hydrogens (tertiary/aromatic N) is 2. The molecule has 21 heavy (non-hydrogen) atoms. The van der Waals surface area contributed by atoms with Gasteiger partial charge in [0.1, 0.15) is 0 Å². The van der Waals surface area contributed by atoms with Crippen LogP contribution in [-0.2, 0) is 11.3 Å². The van der Waals surface area contributed by atoms with E-state index in [-0.39, 0.29) is 0 Å². The Labute approximate surface area is 132 Å². The molecule has 0 bridgehead atoms. The molecule has 1 aliphatic carbocycles. The minimum absolute atomic E-state index is 0.556. The molecule has 0 amide bonds. The largest absolute Gasteiger partial charge is 0.383 e. The first-order valence-corrected chi connectivity index (χ1v) is 8.96. The van der Waals surface area contributed by atoms with Crippen LogP contribution in [0.25, 0.3) is 0 Å². The van der Waals surface area contributed by atoms with E-state index < -0.39 is 0 Å². The average Bonchev–Trinajstić information content (AvgIpc) is 3.25. The third-order valence-electron chi connectivity index (χ3n) is 4.18. The number of hydrogen-bond acceptors (Lipinski definition) is 5. The number of thiazole rings is 1. The summed E-state index contributed by atoms with van der Waals surface area (Å²) in [6, 6.07) is 0.556. The molecule has 0 radical (unpaired) electrons. The van der Waals surface area contributed by atoms with E-state index in [0.717, 1.165) is 32.5 Å². The minimum atomic E-state index is 0.556. The molecule has 1 heterocycles. The fourth-order valence-electron chi connectivity index (χ4n) is 2.79. The SMILES string of the molecule is CCC(CC)N(CCOC)c1nc(C2CC2)c(CNC)s1. The number of hydrogen-bond donors (Lipinski definition) is 1. The lowest BCUT2D eigenvalue weighted by molar-refractivity contribution is 0.202. The second kappa shape index (κ2) is 8.11. The van der Waals surface area contributed by atoms with Gasteiger partial charge in [-0.1, -0.05) is 13.8 Å². The van der Waals surface area contributed by atoms with Crippen molar-refractivity contribution < 1.29 is 4.74 Å². The van der Waals surface area contributed by atoms with Crippen molar-refractivity contribution >= 4 is 16.5 Å². The zero-order chi connectivity index (χ0) is 15.2. The molecule has 0 atom stereocenters. The quantitative estimate of drug-likeness (QED) is 0.719. The summed E-state index contributed by atoms with van der Waals surface area (Å²) in [4.78, 5) is 8.89. The smallest absolute Gasteiger partial charge is 0.186 e. The Hall–Kier alpha value is -0.650. The van der Waals surface area contributed by atoms with Crippen LogP contribution in [0.1, 0.15) is 56.0 Å². The maximum atomic E-state index is 5.30. The number of methoxy groups -OCH3 is 1. The minimum Gasteiger partial charge on any atom is -0.383 e. The zero-order valence-corrected chi connectivity index (χ0v) is 14.6. The van der Waals surface area contributed by atoms with Crippen molar-refractivity contribution in [1.29, 1.82) is 0 Å². The van der Waals surface area contributed by atoms with Gasteiger partial charge < -0.3 is 15.0 Å². The second-order valence-electron chi connectivity index (χ2n) is 5.77. The molecule has 120 valence electrons. The maximum absolute atomic E-state index is 5.30. The summed E-state index contributed by atoms with van der Waals surface area (Å²) in [6.45, 7) is 7.15. The molecule has 1 aromatic rings. The topological polar surface area (TPSA) is 37.4 Å². The number of ether oxygens (including phenoxy) is 1. The van der Waals surface area contributed by atoms with Crippen LogP contribution >= 0.6 is 11.3 Å². The molecule has 0 unspecified atom stereocenters. The summed E-state index contributed by atoms with van der Waals surface area (Å²) in [5.74, 6) is 0.712. The third-order valence-corrected chi connectivity index (χ3v) is 5.29. The molecule has 1 aromatic heterocycles. The highest BCUT2D eigenvalue weighted by molar-refractivity contribution is 7.15. The molecule has 0 aromatic carbocycles. The number of anilines is 1. The molecule has 1 fully saturated rings. The Morgan fingerprint density at radius 3 is 2.62 bits per heavy atom. The van der Waals surface area contributed by atoms with Gasteiger partial charge in [0, 0.05) is 37.0 Å². The summed E-state index contributed by atoms with van der Waals surface area (Å²) in [5.41, 5.74) is 1.35. The summed E-state index contributed by atoms with van der Waals surface area (Å²) in [5, 5.41) is 4.47. The van der Waals surface area contributed by atoms with E-state index in [1.807, 2.05) is 18.4 Å². The Balaban J connectivity index is 2.23. The van der Waals surface area contributed by atoms with Crippen LogP contribution in [0, 0.1) is 0 Å². The van der Waals surface area contributed by atoms with Gasteiger partial charge in [-0.15, -0.1) is 11.3 Å². The van der Waals surface area contributed by atoms with Gasteiger partial charge in [0.25, 0.3) is 0 Å². The van der Waals surface area contributed by atoms with Crippen LogP contribution in [0.4, 0.5) is 5.13 Å². The summed E-state index contributed by atoms with van der Waals surface area (Å²) < 4.78 is 5.30. The van der Waals surface area contributed by atoms with Gasteiger partial charge >= 0.3 is 0 Å². The maximum Gasteiger partial charge on any atom is 0.186 e. The van der Waals surface area contributed by atoms with E-state index in [4.69, 9.17) is 9.72 Å². The third kappa shape index (κ3) is 4.18. The van der Waals surface area contributed by atoms with Crippen molar-refractivity contribution in [1.82, 2.24) is 10.3 Å². The molecule has 1 N–H and O–H groups in total. The van der Waals surface area contributed by atoms with Gasteiger partial charge in [-0.3, -0.25) is 0 Å². The lowest BCUT2D eigenvalue weighted by Crippen LogP contribution is -2.37. The predicted molar refractivity (Wildman–Crippen MR) is 90.4 cm³/mol. The fraction of sp³-hybridized carbons (Fsp3) is 0.812. The van der Waals surface area contributed by atoms with Gasteiger partial charge in [-0.2, -0.15) is 0 Å². The molecule has 1 aliphatic rings. The van der Waals surface area contributed by atoms with Crippen LogP contribution in [0.15, 0.2) is 0 Å². The van der Waals surface area contributed by atoms with Crippen molar-refractivity contribution in [3.8, 4) is 0 Å². The van der Waals surface area contributed by atoms with E-state index in [1.165, 1.54) is 28.5 Å². The lowest BCUT2D eigenvalue weighted by atomic mass is 10.1. The first-order valence-electron chi connectivity index (χ1n) is 8.14. The van der Waals surface area contributed by atoms with Gasteiger partial charge in [0.2, 0.25) is 0 Å². The molecule has 5 heteroatoms. The summed E-state index contributed by atoms with van der Waals surface area (Å²) in [6.07, 6.45) is 4.92. The van der Waals surface area contributed by atoms with Crippen LogP contribution in [-0.4, -0.2) is 38.3 Å². The number of rotatable bonds is 10. The molecule has 0 spiro atoms. The van der Waals surface area contributed by atoms with Crippen molar-refractivity contribution in [2.45, 2.75) is 58.0 Å². The van der Waals surface area contributed by atoms with Crippen LogP contribution in [0.5, 0.6) is 0 Å². The highest BCUT2D eigenvalue weighted by Crippen LogP contribution is 2.44. The van der Waals surface area contributed by atoms with Crippen molar-refractivity contribution in [3.63, 3.8) is 0 Å². The summed E-state index contributed by atoms with van der Waals surface area (Å²) >= 11 is 1.87. The normalized spacial score (nSPS) is 14.9. The average molecular weight is 311 g/mol. The van der Waals surface area contributed by atoms with Crippen molar-refractivity contribution in [2.24, 2.45) is 0 Å². The van der Waals surface area contributed by atoms with Gasteiger partial charge in [-0.05, 0) is 32.7 Å². The number of aromatic nitrogens is 1. The van der Waals surface area contributed by atoms with Crippen LogP contribution in [0.2, 0.25) is 0 Å². The Bertz CT molecular complexity index is 427. The second-order valence-corrected chi connectivity index (χ2v) is 6.83. The van der Waals surface area contributed by atoms with E-state index in [0.29, 0.717) is 12.0 Å². The first-order chi connectivity index (χ1) is 10.2. The van der Waals surface area contributed by atoms with Gasteiger partial charge in [0.05, 0.1) is 12.3 Å². The molecular formula is C16H29N3OS. The van der Waals surface area contributed by atoms with E-state index >= 15 is 0 Å². The Morgan fingerprint density at radius 1 is 1.38 bits per heavy atom. The van der Waals surface area contributed by atoms with Crippen molar-refractivity contribution in [2.75, 3.05) is 32.2 Å². The molecule has 1 saturated carbocycles. The van der Waals surface area contributed by atoms with Crippen molar-refractivity contribution in [3.05, 3.63) is 10.6 Å². The van der Waals surface area contributed by atoms with Crippen LogP contribution < -0.4 is 10.2 Å². The first kappa shape index (κ1) is 16.7. The molecule has 0 saturated heterocycles. The monoisotopic (exact) mass is 311 g/mol. The highest BCUT2D eigenvalue weighted by Gasteiger charge is 2.31. The standard InChI is InChI=1S/C16H29N3OS/c1-5-13(6-2)19(9-10-20-4)16-18-15(12-7-8-12)14(21-16)11-17-3/h12-13,17H,5-11H2,1-4H3. The highest BCUT2D eigenvalue weighted by atomic mass is 32.1. The van der Waals surface area contributed by atoms with Crippen LogP contribution in [0.3, 0.4) is 0 Å². The summed E-state index contributed by atoms with van der Waals surface area (Å²) in [7, 11) is 3.79. The molecular weight excluding hydrogens is 282 g/mol. The predicted octanol–water partition coefficient (Wildman–Crippen LogP) is 3.38. The molecule has 2 rings (SSSR count). The van der Waals surface area contributed by atoms with E-state index in [9.17, 15) is 0 Å². The fourth-order valence-corrected chi connectivity index (χ4v) is 4.05. The van der Waals surface area contributed by atoms with Gasteiger partial charge in [0.15, 0.2) is 5.13 Å². The Kier molecular flexibility index (Phi) is 6.45. The molecule has 0 aliphatic heterocycles.